The third kappa shape index (κ3) is 1.70. The van der Waals surface area contributed by atoms with E-state index in [9.17, 15) is 4.79 Å². The summed E-state index contributed by atoms with van der Waals surface area (Å²) < 4.78 is 0. The van der Waals surface area contributed by atoms with Gasteiger partial charge in [0.1, 0.15) is 0 Å². The molecule has 3 rings (SSSR count). The lowest BCUT2D eigenvalue weighted by Crippen LogP contribution is -2.05. The number of nitrogens with one attached hydrogen (secondary N) is 1. The summed E-state index contributed by atoms with van der Waals surface area (Å²) in [4.78, 5) is 19.7. The number of para-hydroxylation sites is 2. The van der Waals surface area contributed by atoms with Crippen LogP contribution in [-0.4, -0.2) is 15.8 Å². The van der Waals surface area contributed by atoms with Crippen molar-refractivity contribution in [2.75, 3.05) is 0 Å². The normalized spacial score (nSPS) is 10.7. The van der Waals surface area contributed by atoms with Gasteiger partial charge in [-0.25, -0.2) is 4.98 Å². The van der Waals surface area contributed by atoms with Crippen LogP contribution in [0.15, 0.2) is 48.5 Å². The first kappa shape index (κ1) is 10.7. The molecule has 0 saturated carbocycles. The fourth-order valence-corrected chi connectivity index (χ4v) is 2.02. The predicted octanol–water partition coefficient (Wildman–Crippen LogP) is 3.10. The van der Waals surface area contributed by atoms with Gasteiger partial charge in [0.2, 0.25) is 5.78 Å². The number of rotatable bonds is 2. The lowest BCUT2D eigenvalue weighted by Gasteiger charge is -2.01. The summed E-state index contributed by atoms with van der Waals surface area (Å²) in [7, 11) is 0. The minimum Gasteiger partial charge on any atom is -0.335 e. The Morgan fingerprint density at radius 1 is 1.06 bits per heavy atom. The number of carbonyl (C=O) groups excluding carboxylic acids is 1. The number of imidazole rings is 1. The molecule has 0 fully saturated rings. The SMILES string of the molecule is Cc1ccccc1C(=O)c1nc2ccccc2[nH]1. The second-order valence-corrected chi connectivity index (χ2v) is 4.25. The maximum atomic E-state index is 12.3. The van der Waals surface area contributed by atoms with Gasteiger partial charge in [0.15, 0.2) is 5.82 Å². The molecule has 0 spiro atoms. The van der Waals surface area contributed by atoms with Crippen molar-refractivity contribution in [3.8, 4) is 0 Å². The molecular weight excluding hydrogens is 224 g/mol. The maximum absolute atomic E-state index is 12.3. The summed E-state index contributed by atoms with van der Waals surface area (Å²) in [6, 6.07) is 15.2. The molecule has 1 aromatic heterocycles. The molecule has 0 saturated heterocycles. The molecule has 0 radical (unpaired) electrons. The summed E-state index contributed by atoms with van der Waals surface area (Å²) in [6.45, 7) is 1.93. The molecular formula is C15H12N2O. The van der Waals surface area contributed by atoms with Gasteiger partial charge in [0.25, 0.3) is 0 Å². The average molecular weight is 236 g/mol. The molecule has 0 aliphatic heterocycles. The molecule has 0 aliphatic carbocycles. The first-order valence-corrected chi connectivity index (χ1v) is 5.81. The Morgan fingerprint density at radius 3 is 2.56 bits per heavy atom. The molecule has 0 unspecified atom stereocenters. The van der Waals surface area contributed by atoms with Gasteiger partial charge in [-0.05, 0) is 24.6 Å². The monoisotopic (exact) mass is 236 g/mol. The number of fused-ring (bicyclic) bond motifs is 1. The molecule has 0 atom stereocenters. The standard InChI is InChI=1S/C15H12N2O/c1-10-6-2-3-7-11(10)14(18)15-16-12-8-4-5-9-13(12)17-15/h2-9H,1H3,(H,16,17). The van der Waals surface area contributed by atoms with E-state index in [4.69, 9.17) is 0 Å². The van der Waals surface area contributed by atoms with Crippen molar-refractivity contribution in [2.45, 2.75) is 6.92 Å². The van der Waals surface area contributed by atoms with Crippen molar-refractivity contribution in [2.24, 2.45) is 0 Å². The molecule has 3 nitrogen and oxygen atoms in total. The average Bonchev–Trinajstić information content (AvgIpc) is 2.82. The molecule has 1 N–H and O–H groups in total. The van der Waals surface area contributed by atoms with E-state index in [2.05, 4.69) is 9.97 Å². The molecule has 88 valence electrons. The van der Waals surface area contributed by atoms with Gasteiger partial charge in [0.05, 0.1) is 11.0 Å². The van der Waals surface area contributed by atoms with Crippen LogP contribution in [-0.2, 0) is 0 Å². The van der Waals surface area contributed by atoms with Crippen LogP contribution in [0.25, 0.3) is 11.0 Å². The predicted molar refractivity (Wildman–Crippen MR) is 70.7 cm³/mol. The number of aryl methyl sites for hydroxylation is 1. The zero-order chi connectivity index (χ0) is 12.5. The summed E-state index contributed by atoms with van der Waals surface area (Å²) in [5.41, 5.74) is 3.35. The van der Waals surface area contributed by atoms with Crippen LogP contribution in [0.3, 0.4) is 0 Å². The van der Waals surface area contributed by atoms with Crippen molar-refractivity contribution < 1.29 is 4.79 Å². The second kappa shape index (κ2) is 4.11. The molecule has 2 aromatic carbocycles. The lowest BCUT2D eigenvalue weighted by atomic mass is 10.0. The topological polar surface area (TPSA) is 45.8 Å². The van der Waals surface area contributed by atoms with E-state index in [1.807, 2.05) is 55.5 Å². The van der Waals surface area contributed by atoms with Crippen LogP contribution in [0.2, 0.25) is 0 Å². The lowest BCUT2D eigenvalue weighted by molar-refractivity contribution is 0.103. The number of hydrogen-bond donors (Lipinski definition) is 1. The minimum absolute atomic E-state index is 0.0655. The number of aromatic amines is 1. The van der Waals surface area contributed by atoms with Crippen LogP contribution in [0.5, 0.6) is 0 Å². The quantitative estimate of drug-likeness (QED) is 0.695. The van der Waals surface area contributed by atoms with E-state index >= 15 is 0 Å². The fourth-order valence-electron chi connectivity index (χ4n) is 2.02. The largest absolute Gasteiger partial charge is 0.335 e. The van der Waals surface area contributed by atoms with Crippen molar-refractivity contribution in [1.82, 2.24) is 9.97 Å². The van der Waals surface area contributed by atoms with E-state index in [1.54, 1.807) is 0 Å². The smallest absolute Gasteiger partial charge is 0.228 e. The Balaban J connectivity index is 2.10. The number of nitrogens with zero attached hydrogens (tertiary/aromatic N) is 1. The van der Waals surface area contributed by atoms with E-state index < -0.39 is 0 Å². The summed E-state index contributed by atoms with van der Waals surface area (Å²) in [6.07, 6.45) is 0. The molecule has 0 aliphatic rings. The zero-order valence-corrected chi connectivity index (χ0v) is 9.97. The minimum atomic E-state index is -0.0655. The molecule has 0 amide bonds. The van der Waals surface area contributed by atoms with Gasteiger partial charge in [-0.1, -0.05) is 36.4 Å². The van der Waals surface area contributed by atoms with Crippen molar-refractivity contribution in [1.29, 1.82) is 0 Å². The van der Waals surface area contributed by atoms with Gasteiger partial charge in [-0.2, -0.15) is 0 Å². The Kier molecular flexibility index (Phi) is 2.45. The van der Waals surface area contributed by atoms with Crippen LogP contribution >= 0.6 is 0 Å². The van der Waals surface area contributed by atoms with E-state index in [0.29, 0.717) is 11.4 Å². The van der Waals surface area contributed by atoms with Gasteiger partial charge >= 0.3 is 0 Å². The van der Waals surface area contributed by atoms with Crippen molar-refractivity contribution >= 4 is 16.8 Å². The first-order chi connectivity index (χ1) is 8.75. The van der Waals surface area contributed by atoms with E-state index in [1.165, 1.54) is 0 Å². The Morgan fingerprint density at radius 2 is 1.78 bits per heavy atom. The Bertz CT molecular complexity index is 695. The summed E-state index contributed by atoms with van der Waals surface area (Å²) in [5.74, 6) is 0.329. The van der Waals surface area contributed by atoms with Gasteiger partial charge in [-0.3, -0.25) is 4.79 Å². The van der Waals surface area contributed by atoms with Gasteiger partial charge in [0, 0.05) is 5.56 Å². The highest BCUT2D eigenvalue weighted by atomic mass is 16.1. The number of benzene rings is 2. The molecule has 3 aromatic rings. The number of H-pyrrole nitrogens is 1. The third-order valence-corrected chi connectivity index (χ3v) is 2.99. The van der Waals surface area contributed by atoms with Crippen LogP contribution < -0.4 is 0 Å². The van der Waals surface area contributed by atoms with Gasteiger partial charge in [-0.15, -0.1) is 0 Å². The Labute approximate surface area is 104 Å². The summed E-state index contributed by atoms with van der Waals surface area (Å²) >= 11 is 0. The summed E-state index contributed by atoms with van der Waals surface area (Å²) in [5, 5.41) is 0. The van der Waals surface area contributed by atoms with Gasteiger partial charge < -0.3 is 4.98 Å². The number of hydrogen-bond acceptors (Lipinski definition) is 2. The van der Waals surface area contributed by atoms with E-state index in [0.717, 1.165) is 16.6 Å². The Hall–Kier alpha value is -2.42. The van der Waals surface area contributed by atoms with Crippen molar-refractivity contribution in [3.63, 3.8) is 0 Å². The van der Waals surface area contributed by atoms with Crippen LogP contribution in [0.1, 0.15) is 21.7 Å². The highest BCUT2D eigenvalue weighted by Gasteiger charge is 2.15. The first-order valence-electron chi connectivity index (χ1n) is 5.81. The van der Waals surface area contributed by atoms with E-state index in [-0.39, 0.29) is 5.78 Å². The molecule has 18 heavy (non-hydrogen) atoms. The number of aromatic nitrogens is 2. The van der Waals surface area contributed by atoms with Crippen LogP contribution in [0.4, 0.5) is 0 Å². The molecule has 0 bridgehead atoms. The zero-order valence-electron chi connectivity index (χ0n) is 9.97. The molecule has 3 heteroatoms. The highest BCUT2D eigenvalue weighted by Crippen LogP contribution is 2.15. The third-order valence-electron chi connectivity index (χ3n) is 2.99. The number of carbonyl (C=O) groups is 1. The number of ketones is 1. The van der Waals surface area contributed by atoms with Crippen LogP contribution in [0, 0.1) is 6.92 Å². The van der Waals surface area contributed by atoms with Crippen molar-refractivity contribution in [3.05, 3.63) is 65.5 Å². The molecule has 1 heterocycles. The highest BCUT2D eigenvalue weighted by molar-refractivity contribution is 6.08. The second-order valence-electron chi connectivity index (χ2n) is 4.25. The maximum Gasteiger partial charge on any atom is 0.228 e. The fraction of sp³-hybridized carbons (Fsp3) is 0.0667.